The van der Waals surface area contributed by atoms with E-state index in [0.29, 0.717) is 43.0 Å². The van der Waals surface area contributed by atoms with Crippen molar-refractivity contribution >= 4 is 29.5 Å². The zero-order valence-electron chi connectivity index (χ0n) is 26.3. The molecule has 0 heterocycles. The number of rotatable bonds is 14. The standard InChI is InChI=1S/C36H44N2O4S.Li/c1-26-11-9-10-16-30(26)32-23-28(17-18-31(32)35(40)37-33(36(41)42)20-22-43-2)19-21-38(25-29-14-7-4-8-15-29)34(39)24-27-12-5-3-6-13-27;/h3,5-6,9-13,16-18,23,29,33H,4,7-8,14-15,19-22,24-25H2,1-2H3,(H,37,40)(H,41,42);/q;+1/p-1. The molecule has 3 aromatic carbocycles. The minimum Gasteiger partial charge on any atom is -0.548 e. The average Bonchev–Trinajstić information content (AvgIpc) is 3.02. The van der Waals surface area contributed by atoms with Crippen molar-refractivity contribution < 1.29 is 38.4 Å². The van der Waals surface area contributed by atoms with Crippen molar-refractivity contribution in [1.29, 1.82) is 0 Å². The summed E-state index contributed by atoms with van der Waals surface area (Å²) in [5, 5.41) is 14.4. The molecule has 1 saturated carbocycles. The first-order chi connectivity index (χ1) is 20.9. The Bertz CT molecular complexity index is 1380. The Morgan fingerprint density at radius 2 is 1.64 bits per heavy atom. The molecule has 1 atom stereocenters. The summed E-state index contributed by atoms with van der Waals surface area (Å²) >= 11 is 1.52. The number of benzene rings is 3. The van der Waals surface area contributed by atoms with Gasteiger partial charge in [-0.3, -0.25) is 9.59 Å². The van der Waals surface area contributed by atoms with Gasteiger partial charge >= 0.3 is 18.9 Å². The van der Waals surface area contributed by atoms with Crippen LogP contribution in [0.5, 0.6) is 0 Å². The van der Waals surface area contributed by atoms with Gasteiger partial charge < -0.3 is 20.1 Å². The van der Waals surface area contributed by atoms with Crippen molar-refractivity contribution in [2.24, 2.45) is 5.92 Å². The molecule has 0 spiro atoms. The number of hydrogen-bond acceptors (Lipinski definition) is 5. The van der Waals surface area contributed by atoms with Crippen LogP contribution >= 0.6 is 11.8 Å². The molecule has 2 amide bonds. The summed E-state index contributed by atoms with van der Waals surface area (Å²) in [4.78, 5) is 40.7. The summed E-state index contributed by atoms with van der Waals surface area (Å²) in [6, 6.07) is 22.4. The van der Waals surface area contributed by atoms with Crippen LogP contribution in [0.25, 0.3) is 11.1 Å². The van der Waals surface area contributed by atoms with E-state index in [-0.39, 0.29) is 24.8 Å². The molecule has 6 nitrogen and oxygen atoms in total. The minimum atomic E-state index is -1.28. The topological polar surface area (TPSA) is 89.5 Å². The van der Waals surface area contributed by atoms with E-state index >= 15 is 0 Å². The molecule has 0 bridgehead atoms. The van der Waals surface area contributed by atoms with Gasteiger partial charge in [0.05, 0.1) is 18.4 Å². The number of carbonyl (C=O) groups excluding carboxylic acids is 3. The molecule has 1 aliphatic carbocycles. The Morgan fingerprint density at radius 1 is 0.932 bits per heavy atom. The van der Waals surface area contributed by atoms with E-state index in [1.165, 1.54) is 43.9 Å². The maximum atomic E-state index is 13.5. The predicted octanol–water partition coefficient (Wildman–Crippen LogP) is 2.46. The van der Waals surface area contributed by atoms with Crippen LogP contribution in [0.3, 0.4) is 0 Å². The van der Waals surface area contributed by atoms with Crippen molar-refractivity contribution in [2.75, 3.05) is 25.1 Å². The number of amides is 2. The fraction of sp³-hybridized carbons (Fsp3) is 0.417. The van der Waals surface area contributed by atoms with Crippen LogP contribution in [-0.2, 0) is 22.4 Å². The second-order valence-corrected chi connectivity index (χ2v) is 12.6. The summed E-state index contributed by atoms with van der Waals surface area (Å²) in [6.45, 7) is 3.38. The summed E-state index contributed by atoms with van der Waals surface area (Å²) in [7, 11) is 0. The third-order valence-corrected chi connectivity index (χ3v) is 9.03. The Balaban J connectivity index is 0.00000529. The van der Waals surface area contributed by atoms with Gasteiger partial charge in [0.2, 0.25) is 5.91 Å². The summed E-state index contributed by atoms with van der Waals surface area (Å²) < 4.78 is 0. The van der Waals surface area contributed by atoms with Crippen LogP contribution in [0, 0.1) is 12.8 Å². The molecule has 1 fully saturated rings. The molecule has 44 heavy (non-hydrogen) atoms. The first-order valence-electron chi connectivity index (χ1n) is 15.4. The number of nitrogens with zero attached hydrogens (tertiary/aromatic N) is 1. The van der Waals surface area contributed by atoms with Gasteiger partial charge in [-0.2, -0.15) is 11.8 Å². The van der Waals surface area contributed by atoms with Gasteiger partial charge in [0.15, 0.2) is 0 Å². The second kappa shape index (κ2) is 18.1. The van der Waals surface area contributed by atoms with E-state index in [0.717, 1.165) is 34.4 Å². The SMILES string of the molecule is CSCCC(NC(=O)c1ccc(CCN(CC2CCCCC2)C(=O)Cc2ccccc2)cc1-c1ccccc1C)C(=O)[O-].[Li+]. The normalized spacial score (nSPS) is 13.9. The number of aryl methyl sites for hydroxylation is 1. The van der Waals surface area contributed by atoms with E-state index in [1.807, 2.05) is 84.8 Å². The smallest absolute Gasteiger partial charge is 0.548 e. The van der Waals surface area contributed by atoms with Crippen LogP contribution in [0.2, 0.25) is 0 Å². The molecular weight excluding hydrogens is 563 g/mol. The number of aliphatic carboxylic acids is 1. The fourth-order valence-corrected chi connectivity index (χ4v) is 6.38. The number of thioether (sulfide) groups is 1. The maximum absolute atomic E-state index is 13.5. The molecule has 1 aliphatic rings. The first kappa shape index (κ1) is 35.5. The predicted molar refractivity (Wildman–Crippen MR) is 173 cm³/mol. The molecule has 1 N–H and O–H groups in total. The molecular formula is C36H43LiN2O4S. The number of carboxylic acid groups (broad SMARTS) is 1. The number of carboxylic acids is 1. The van der Waals surface area contributed by atoms with Crippen molar-refractivity contribution in [3.63, 3.8) is 0 Å². The molecule has 0 aromatic heterocycles. The fourth-order valence-electron chi connectivity index (χ4n) is 5.91. The number of carbonyl (C=O) groups is 3. The van der Waals surface area contributed by atoms with E-state index in [1.54, 1.807) is 6.07 Å². The van der Waals surface area contributed by atoms with E-state index < -0.39 is 17.9 Å². The Kier molecular flexibility index (Phi) is 14.6. The number of nitrogens with one attached hydrogen (secondary N) is 1. The summed E-state index contributed by atoms with van der Waals surface area (Å²) in [5.41, 5.74) is 5.16. The van der Waals surface area contributed by atoms with E-state index in [9.17, 15) is 19.5 Å². The van der Waals surface area contributed by atoms with Crippen LogP contribution < -0.4 is 29.3 Å². The maximum Gasteiger partial charge on any atom is 1.00 e. The largest absolute Gasteiger partial charge is 1.00 e. The van der Waals surface area contributed by atoms with Gasteiger partial charge in [-0.1, -0.05) is 86.0 Å². The minimum absolute atomic E-state index is 0. The second-order valence-electron chi connectivity index (χ2n) is 11.6. The third-order valence-electron chi connectivity index (χ3n) is 8.39. The van der Waals surface area contributed by atoms with Crippen molar-refractivity contribution in [1.82, 2.24) is 10.2 Å². The molecule has 8 heteroatoms. The van der Waals surface area contributed by atoms with Crippen molar-refractivity contribution in [2.45, 2.75) is 64.3 Å². The van der Waals surface area contributed by atoms with Gasteiger partial charge in [0.1, 0.15) is 0 Å². The van der Waals surface area contributed by atoms with Crippen molar-refractivity contribution in [3.05, 3.63) is 95.1 Å². The monoisotopic (exact) mass is 606 g/mol. The van der Waals surface area contributed by atoms with Crippen molar-refractivity contribution in [3.8, 4) is 11.1 Å². The molecule has 228 valence electrons. The zero-order chi connectivity index (χ0) is 30.6. The molecule has 1 unspecified atom stereocenters. The average molecular weight is 607 g/mol. The quantitative estimate of drug-likeness (QED) is 0.285. The van der Waals surface area contributed by atoms with Gasteiger partial charge in [0, 0.05) is 18.7 Å². The summed E-state index contributed by atoms with van der Waals surface area (Å²) in [6.07, 6.45) is 9.30. The number of hydrogen-bond donors (Lipinski definition) is 1. The van der Waals surface area contributed by atoms with Crippen LogP contribution in [0.15, 0.2) is 72.8 Å². The third kappa shape index (κ3) is 10.3. The van der Waals surface area contributed by atoms with Crippen LogP contribution in [-0.4, -0.2) is 53.8 Å². The molecule has 0 aliphatic heterocycles. The molecule has 0 saturated heterocycles. The van der Waals surface area contributed by atoms with Gasteiger partial charge in [-0.25, -0.2) is 0 Å². The first-order valence-corrected chi connectivity index (χ1v) is 16.8. The Labute approximate surface area is 278 Å². The Morgan fingerprint density at radius 3 is 2.32 bits per heavy atom. The molecule has 0 radical (unpaired) electrons. The van der Waals surface area contributed by atoms with E-state index in [2.05, 4.69) is 5.32 Å². The van der Waals surface area contributed by atoms with Gasteiger partial charge in [-0.05, 0) is 84.4 Å². The molecule has 3 aromatic rings. The van der Waals surface area contributed by atoms with E-state index in [4.69, 9.17) is 0 Å². The Hall–Kier alpha value is -2.98. The zero-order valence-corrected chi connectivity index (χ0v) is 27.2. The summed E-state index contributed by atoms with van der Waals surface area (Å²) in [5.74, 6) is -0.440. The molecule has 4 rings (SSSR count). The van der Waals surface area contributed by atoms with Gasteiger partial charge in [-0.15, -0.1) is 0 Å². The van der Waals surface area contributed by atoms with Crippen LogP contribution in [0.1, 0.15) is 65.6 Å². The van der Waals surface area contributed by atoms with Gasteiger partial charge in [0.25, 0.3) is 5.91 Å². The van der Waals surface area contributed by atoms with Crippen LogP contribution in [0.4, 0.5) is 0 Å².